The molecule has 5 nitrogen and oxygen atoms in total. The summed E-state index contributed by atoms with van der Waals surface area (Å²) in [4.78, 5) is 14.7. The number of benzene rings is 6. The highest BCUT2D eigenvalue weighted by atomic mass is 16.3. The normalized spacial score (nSPS) is 11.6. The molecule has 0 bridgehead atoms. The van der Waals surface area contributed by atoms with Crippen molar-refractivity contribution in [3.63, 3.8) is 0 Å². The van der Waals surface area contributed by atoms with Crippen molar-refractivity contribution in [1.29, 1.82) is 0 Å². The Kier molecular flexibility index (Phi) is 5.43. The number of nitrogens with zero attached hydrogens (tertiary/aromatic N) is 3. The van der Waals surface area contributed by atoms with E-state index in [-0.39, 0.29) is 0 Å². The molecule has 0 amide bonds. The quantitative estimate of drug-likeness (QED) is 0.212. The van der Waals surface area contributed by atoms with Crippen molar-refractivity contribution in [2.24, 2.45) is 0 Å². The Morgan fingerprint density at radius 1 is 0.295 bits per heavy atom. The Balaban J connectivity index is 1.23. The summed E-state index contributed by atoms with van der Waals surface area (Å²) < 4.78 is 12.6. The van der Waals surface area contributed by atoms with Gasteiger partial charge in [-0.1, -0.05) is 97.1 Å². The first-order valence-corrected chi connectivity index (χ1v) is 14.5. The van der Waals surface area contributed by atoms with Gasteiger partial charge in [0.1, 0.15) is 22.3 Å². The molecule has 0 N–H and O–H groups in total. The fraction of sp³-hybridized carbons (Fsp3) is 0. The molecule has 3 aromatic heterocycles. The van der Waals surface area contributed by atoms with E-state index < -0.39 is 0 Å². The lowest BCUT2D eigenvalue weighted by Gasteiger charge is -2.08. The molecule has 3 heterocycles. The molecular formula is C39H23N3O2. The van der Waals surface area contributed by atoms with Crippen molar-refractivity contribution in [3.8, 4) is 45.3 Å². The third-order valence-corrected chi connectivity index (χ3v) is 8.13. The average Bonchev–Trinajstić information content (AvgIpc) is 3.64. The number of fused-ring (bicyclic) bond motifs is 6. The van der Waals surface area contributed by atoms with Crippen LogP contribution in [0.5, 0.6) is 0 Å². The molecule has 0 radical (unpaired) electrons. The van der Waals surface area contributed by atoms with E-state index in [4.69, 9.17) is 23.8 Å². The molecule has 206 valence electrons. The summed E-state index contributed by atoms with van der Waals surface area (Å²) in [6, 6.07) is 47.1. The first-order chi connectivity index (χ1) is 21.8. The zero-order chi connectivity index (χ0) is 29.0. The third-order valence-electron chi connectivity index (χ3n) is 8.13. The lowest BCUT2D eigenvalue weighted by atomic mass is 10.0. The third kappa shape index (κ3) is 4.06. The van der Waals surface area contributed by atoms with Crippen LogP contribution >= 0.6 is 0 Å². The zero-order valence-electron chi connectivity index (χ0n) is 23.4. The molecule has 0 saturated carbocycles. The molecule has 9 rings (SSSR count). The first kappa shape index (κ1) is 24.5. The Labute approximate surface area is 252 Å². The van der Waals surface area contributed by atoms with Gasteiger partial charge in [0.15, 0.2) is 17.5 Å². The molecule has 0 fully saturated rings. The van der Waals surface area contributed by atoms with Gasteiger partial charge in [-0.2, -0.15) is 0 Å². The number of hydrogen-bond donors (Lipinski definition) is 0. The van der Waals surface area contributed by atoms with Crippen LogP contribution in [0.1, 0.15) is 0 Å². The van der Waals surface area contributed by atoms with E-state index in [9.17, 15) is 0 Å². The van der Waals surface area contributed by atoms with Gasteiger partial charge in [0, 0.05) is 44.3 Å². The van der Waals surface area contributed by atoms with Crippen molar-refractivity contribution >= 4 is 43.9 Å². The Morgan fingerprint density at radius 3 is 1.23 bits per heavy atom. The lowest BCUT2D eigenvalue weighted by Crippen LogP contribution is -2.00. The summed E-state index contributed by atoms with van der Waals surface area (Å²) in [5.41, 5.74) is 8.31. The average molecular weight is 566 g/mol. The summed E-state index contributed by atoms with van der Waals surface area (Å²) in [5.74, 6) is 1.87. The van der Waals surface area contributed by atoms with E-state index in [0.29, 0.717) is 17.5 Å². The van der Waals surface area contributed by atoms with Crippen LogP contribution in [-0.2, 0) is 0 Å². The lowest BCUT2D eigenvalue weighted by molar-refractivity contribution is 0.656. The summed E-state index contributed by atoms with van der Waals surface area (Å²) in [6.07, 6.45) is 0. The van der Waals surface area contributed by atoms with Crippen molar-refractivity contribution in [1.82, 2.24) is 15.0 Å². The van der Waals surface area contributed by atoms with E-state index in [1.54, 1.807) is 0 Å². The summed E-state index contributed by atoms with van der Waals surface area (Å²) in [6.45, 7) is 0. The molecule has 0 saturated heterocycles. The van der Waals surface area contributed by atoms with E-state index in [2.05, 4.69) is 48.5 Å². The van der Waals surface area contributed by atoms with Crippen LogP contribution < -0.4 is 0 Å². The van der Waals surface area contributed by atoms with Gasteiger partial charge in [-0.25, -0.2) is 15.0 Å². The van der Waals surface area contributed by atoms with Gasteiger partial charge in [0.05, 0.1) is 0 Å². The van der Waals surface area contributed by atoms with E-state index in [1.165, 1.54) is 5.56 Å². The predicted octanol–water partition coefficient (Wildman–Crippen LogP) is 10.3. The van der Waals surface area contributed by atoms with Gasteiger partial charge in [-0.3, -0.25) is 0 Å². The standard InChI is InChI=1S/C39H23N3O2/c1-4-10-24(11-5-1)27-16-18-33-29(20-27)31-22-32-30-21-28(17-19-34(30)44-36(32)23-35(31)43-33)39-41-37(25-12-6-2-7-13-25)40-38(42-39)26-14-8-3-9-15-26/h1-23H. The number of furan rings is 2. The maximum atomic E-state index is 6.31. The molecule has 0 aliphatic carbocycles. The molecule has 0 unspecified atom stereocenters. The molecular weight excluding hydrogens is 542 g/mol. The topological polar surface area (TPSA) is 65.0 Å². The van der Waals surface area contributed by atoms with Crippen molar-refractivity contribution < 1.29 is 8.83 Å². The minimum Gasteiger partial charge on any atom is -0.456 e. The second-order valence-electron chi connectivity index (χ2n) is 10.9. The van der Waals surface area contributed by atoms with E-state index in [1.807, 2.05) is 91.0 Å². The van der Waals surface area contributed by atoms with Gasteiger partial charge in [-0.05, 0) is 47.5 Å². The minimum atomic E-state index is 0.608. The molecule has 9 aromatic rings. The second-order valence-corrected chi connectivity index (χ2v) is 10.9. The highest BCUT2D eigenvalue weighted by Crippen LogP contribution is 2.39. The molecule has 44 heavy (non-hydrogen) atoms. The van der Waals surface area contributed by atoms with Gasteiger partial charge in [0.25, 0.3) is 0 Å². The van der Waals surface area contributed by atoms with E-state index in [0.717, 1.165) is 66.1 Å². The molecule has 5 heteroatoms. The van der Waals surface area contributed by atoms with Crippen LogP contribution in [0.3, 0.4) is 0 Å². The Hall–Kier alpha value is -6.07. The predicted molar refractivity (Wildman–Crippen MR) is 176 cm³/mol. The molecule has 6 aromatic carbocycles. The van der Waals surface area contributed by atoms with Crippen LogP contribution in [-0.4, -0.2) is 15.0 Å². The molecule has 0 atom stereocenters. The van der Waals surface area contributed by atoms with Gasteiger partial charge in [0.2, 0.25) is 0 Å². The molecule has 0 aliphatic heterocycles. The van der Waals surface area contributed by atoms with Gasteiger partial charge < -0.3 is 8.83 Å². The Bertz CT molecular complexity index is 2420. The summed E-state index contributed by atoms with van der Waals surface area (Å²) in [5, 5.41) is 4.14. The number of rotatable bonds is 4. The fourth-order valence-corrected chi connectivity index (χ4v) is 5.93. The van der Waals surface area contributed by atoms with Gasteiger partial charge in [-0.15, -0.1) is 0 Å². The largest absolute Gasteiger partial charge is 0.456 e. The first-order valence-electron chi connectivity index (χ1n) is 14.5. The van der Waals surface area contributed by atoms with Crippen LogP contribution in [0.4, 0.5) is 0 Å². The highest BCUT2D eigenvalue weighted by Gasteiger charge is 2.17. The van der Waals surface area contributed by atoms with Crippen molar-refractivity contribution in [2.75, 3.05) is 0 Å². The number of hydrogen-bond acceptors (Lipinski definition) is 5. The monoisotopic (exact) mass is 565 g/mol. The number of aromatic nitrogens is 3. The SMILES string of the molecule is c1ccc(-c2ccc3oc4cc5oc6ccc(-c7nc(-c8ccccc8)nc(-c8ccccc8)n7)cc6c5cc4c3c2)cc1. The summed E-state index contributed by atoms with van der Waals surface area (Å²) in [7, 11) is 0. The van der Waals surface area contributed by atoms with Crippen LogP contribution in [0.15, 0.2) is 148 Å². The second kappa shape index (κ2) is 9.75. The smallest absolute Gasteiger partial charge is 0.164 e. The van der Waals surface area contributed by atoms with Crippen LogP contribution in [0.2, 0.25) is 0 Å². The maximum Gasteiger partial charge on any atom is 0.164 e. The highest BCUT2D eigenvalue weighted by molar-refractivity contribution is 6.16. The summed E-state index contributed by atoms with van der Waals surface area (Å²) >= 11 is 0. The van der Waals surface area contributed by atoms with Gasteiger partial charge >= 0.3 is 0 Å². The van der Waals surface area contributed by atoms with Crippen LogP contribution in [0, 0.1) is 0 Å². The van der Waals surface area contributed by atoms with Crippen molar-refractivity contribution in [2.45, 2.75) is 0 Å². The molecule has 0 aliphatic rings. The fourth-order valence-electron chi connectivity index (χ4n) is 5.93. The van der Waals surface area contributed by atoms with Crippen molar-refractivity contribution in [3.05, 3.63) is 140 Å². The molecule has 0 spiro atoms. The zero-order valence-corrected chi connectivity index (χ0v) is 23.4. The van der Waals surface area contributed by atoms with E-state index >= 15 is 0 Å². The Morgan fingerprint density at radius 2 is 0.705 bits per heavy atom. The maximum absolute atomic E-state index is 6.31. The minimum absolute atomic E-state index is 0.608. The van der Waals surface area contributed by atoms with Crippen LogP contribution in [0.25, 0.3) is 89.2 Å².